The molecule has 0 aromatic heterocycles. The van der Waals surface area contributed by atoms with Crippen molar-refractivity contribution >= 4 is 11.9 Å². The summed E-state index contributed by atoms with van der Waals surface area (Å²) in [4.78, 5) is 21.4. The Balaban J connectivity index is 3.25. The van der Waals surface area contributed by atoms with E-state index in [2.05, 4.69) is 0 Å². The lowest BCUT2D eigenvalue weighted by molar-refractivity contribution is -0.147. The number of ether oxygens (including phenoxy) is 1. The van der Waals surface area contributed by atoms with Gasteiger partial charge in [0, 0.05) is 12.8 Å². The number of esters is 1. The molecule has 0 unspecified atom stereocenters. The predicted octanol–water partition coefficient (Wildman–Crippen LogP) is 1.09. The third-order valence-corrected chi connectivity index (χ3v) is 2.67. The zero-order valence-electron chi connectivity index (χ0n) is 11.2. The summed E-state index contributed by atoms with van der Waals surface area (Å²) >= 11 is 0. The summed E-state index contributed by atoms with van der Waals surface area (Å²) in [5.74, 6) is -1.12. The van der Waals surface area contributed by atoms with Crippen molar-refractivity contribution in [3.05, 3.63) is 0 Å². The fraction of sp³-hybridized carbons (Fsp3) is 0.846. The number of hydrogen-bond donors (Lipinski definition) is 3. The number of hydrogen-bond acceptors (Lipinski definition) is 5. The first-order chi connectivity index (χ1) is 9.06. The fourth-order valence-corrected chi connectivity index (χ4v) is 1.57. The Hall–Kier alpha value is -1.14. The average Bonchev–Trinajstić information content (AvgIpc) is 2.38. The van der Waals surface area contributed by atoms with E-state index in [1.54, 1.807) is 0 Å². The van der Waals surface area contributed by atoms with Crippen molar-refractivity contribution in [3.63, 3.8) is 0 Å². The van der Waals surface area contributed by atoms with Crippen molar-refractivity contribution in [2.24, 2.45) is 0 Å². The van der Waals surface area contributed by atoms with Gasteiger partial charge in [-0.2, -0.15) is 0 Å². The van der Waals surface area contributed by atoms with Gasteiger partial charge < -0.3 is 20.1 Å². The summed E-state index contributed by atoms with van der Waals surface area (Å²) in [6.45, 7) is -0.575. The summed E-state index contributed by atoms with van der Waals surface area (Å²) in [6.07, 6.45) is 4.73. The van der Waals surface area contributed by atoms with Gasteiger partial charge in [-0.05, 0) is 12.8 Å². The highest BCUT2D eigenvalue weighted by Crippen LogP contribution is 2.09. The summed E-state index contributed by atoms with van der Waals surface area (Å²) in [7, 11) is 0. The number of aliphatic carboxylic acids is 1. The Morgan fingerprint density at radius 2 is 1.47 bits per heavy atom. The number of carbonyl (C=O) groups excluding carboxylic acids is 1. The van der Waals surface area contributed by atoms with E-state index in [4.69, 9.17) is 20.1 Å². The molecule has 0 aliphatic heterocycles. The van der Waals surface area contributed by atoms with Gasteiger partial charge in [-0.3, -0.25) is 9.59 Å². The number of rotatable bonds is 12. The minimum absolute atomic E-state index is 0.162. The number of carboxylic acids is 1. The molecule has 19 heavy (non-hydrogen) atoms. The van der Waals surface area contributed by atoms with E-state index in [1.807, 2.05) is 0 Å². The molecule has 0 aliphatic carbocycles. The average molecular weight is 276 g/mol. The van der Waals surface area contributed by atoms with Crippen LogP contribution < -0.4 is 0 Å². The minimum atomic E-state index is -1.00. The van der Waals surface area contributed by atoms with Crippen molar-refractivity contribution in [2.45, 2.75) is 57.5 Å². The number of unbranched alkanes of at least 4 members (excludes halogenated alkanes) is 5. The summed E-state index contributed by atoms with van der Waals surface area (Å²) in [5.41, 5.74) is 0. The summed E-state index contributed by atoms with van der Waals surface area (Å²) in [5, 5.41) is 25.9. The number of carboxylic acid groups (broad SMARTS) is 1. The van der Waals surface area contributed by atoms with Crippen LogP contribution in [0.15, 0.2) is 0 Å². The third-order valence-electron chi connectivity index (χ3n) is 2.67. The highest BCUT2D eigenvalue weighted by atomic mass is 16.5. The van der Waals surface area contributed by atoms with Gasteiger partial charge in [-0.15, -0.1) is 0 Å². The van der Waals surface area contributed by atoms with Gasteiger partial charge in [0.15, 0.2) is 0 Å². The molecule has 6 nitrogen and oxygen atoms in total. The largest absolute Gasteiger partial charge is 0.481 e. The zero-order chi connectivity index (χ0) is 14.5. The zero-order valence-corrected chi connectivity index (χ0v) is 11.2. The highest BCUT2D eigenvalue weighted by Gasteiger charge is 2.07. The van der Waals surface area contributed by atoms with Crippen LogP contribution in [-0.4, -0.2) is 46.6 Å². The van der Waals surface area contributed by atoms with Gasteiger partial charge in [0.25, 0.3) is 0 Å². The van der Waals surface area contributed by atoms with E-state index < -0.39 is 18.7 Å². The standard InChI is InChI=1S/C13H24O6/c14-9-11(15)10-19-13(18)8-6-4-2-1-3-5-7-12(16)17/h11,14-15H,1-10H2,(H,16,17)/t11-/m1/s1. The van der Waals surface area contributed by atoms with Crippen LogP contribution in [-0.2, 0) is 14.3 Å². The molecule has 0 amide bonds. The molecule has 112 valence electrons. The molecule has 0 rings (SSSR count). The van der Waals surface area contributed by atoms with E-state index in [0.717, 1.165) is 32.1 Å². The van der Waals surface area contributed by atoms with Gasteiger partial charge in [-0.25, -0.2) is 0 Å². The van der Waals surface area contributed by atoms with Crippen LogP contribution in [0.3, 0.4) is 0 Å². The van der Waals surface area contributed by atoms with Gasteiger partial charge in [-0.1, -0.05) is 25.7 Å². The van der Waals surface area contributed by atoms with E-state index >= 15 is 0 Å². The van der Waals surface area contributed by atoms with Crippen LogP contribution in [0.5, 0.6) is 0 Å². The van der Waals surface area contributed by atoms with Crippen LogP contribution in [0.4, 0.5) is 0 Å². The van der Waals surface area contributed by atoms with E-state index in [1.165, 1.54) is 0 Å². The summed E-state index contributed by atoms with van der Waals surface area (Å²) in [6, 6.07) is 0. The Kier molecular flexibility index (Phi) is 11.2. The molecule has 0 heterocycles. The third kappa shape index (κ3) is 13.1. The molecule has 0 saturated heterocycles. The number of aliphatic hydroxyl groups is 2. The predicted molar refractivity (Wildman–Crippen MR) is 68.6 cm³/mol. The molecule has 0 saturated carbocycles. The van der Waals surface area contributed by atoms with Crippen molar-refractivity contribution in [1.29, 1.82) is 0 Å². The monoisotopic (exact) mass is 276 g/mol. The first-order valence-electron chi connectivity index (χ1n) is 6.72. The van der Waals surface area contributed by atoms with Crippen molar-refractivity contribution < 1.29 is 29.6 Å². The van der Waals surface area contributed by atoms with Gasteiger partial charge in [0.05, 0.1) is 6.61 Å². The molecule has 0 fully saturated rings. The first-order valence-corrected chi connectivity index (χ1v) is 6.72. The SMILES string of the molecule is O=C(O)CCCCCCCCC(=O)OC[C@H](O)CO. The Morgan fingerprint density at radius 3 is 2.00 bits per heavy atom. The lowest BCUT2D eigenvalue weighted by Crippen LogP contribution is -2.21. The van der Waals surface area contributed by atoms with Crippen molar-refractivity contribution in [2.75, 3.05) is 13.2 Å². The fourth-order valence-electron chi connectivity index (χ4n) is 1.57. The molecule has 6 heteroatoms. The Morgan fingerprint density at radius 1 is 0.947 bits per heavy atom. The maximum absolute atomic E-state index is 11.2. The van der Waals surface area contributed by atoms with Crippen LogP contribution >= 0.6 is 0 Å². The van der Waals surface area contributed by atoms with Crippen LogP contribution in [0.1, 0.15) is 51.4 Å². The van der Waals surface area contributed by atoms with E-state index in [9.17, 15) is 9.59 Å². The minimum Gasteiger partial charge on any atom is -0.481 e. The summed E-state index contributed by atoms with van der Waals surface area (Å²) < 4.78 is 4.75. The smallest absolute Gasteiger partial charge is 0.305 e. The van der Waals surface area contributed by atoms with Crippen LogP contribution in [0.2, 0.25) is 0 Å². The van der Waals surface area contributed by atoms with Crippen LogP contribution in [0.25, 0.3) is 0 Å². The van der Waals surface area contributed by atoms with Gasteiger partial charge in [0.2, 0.25) is 0 Å². The number of aliphatic hydroxyl groups excluding tert-OH is 2. The van der Waals surface area contributed by atoms with E-state index in [-0.39, 0.29) is 19.0 Å². The second kappa shape index (κ2) is 11.9. The molecule has 0 bridgehead atoms. The Labute approximate surface area is 113 Å². The first kappa shape index (κ1) is 17.9. The van der Waals surface area contributed by atoms with Crippen LogP contribution in [0, 0.1) is 0 Å². The molecule has 1 atom stereocenters. The second-order valence-electron chi connectivity index (χ2n) is 4.53. The normalized spacial score (nSPS) is 12.1. The van der Waals surface area contributed by atoms with E-state index in [0.29, 0.717) is 12.8 Å². The van der Waals surface area contributed by atoms with Gasteiger partial charge >= 0.3 is 11.9 Å². The molecule has 0 aromatic carbocycles. The molecule has 3 N–H and O–H groups in total. The lowest BCUT2D eigenvalue weighted by Gasteiger charge is -2.08. The maximum Gasteiger partial charge on any atom is 0.305 e. The van der Waals surface area contributed by atoms with Crippen molar-refractivity contribution in [3.8, 4) is 0 Å². The highest BCUT2D eigenvalue weighted by molar-refractivity contribution is 5.69. The second-order valence-corrected chi connectivity index (χ2v) is 4.53. The molecule has 0 aliphatic rings. The maximum atomic E-state index is 11.2. The number of carbonyl (C=O) groups is 2. The lowest BCUT2D eigenvalue weighted by atomic mass is 10.1. The molecular weight excluding hydrogens is 252 g/mol. The van der Waals surface area contributed by atoms with Crippen molar-refractivity contribution in [1.82, 2.24) is 0 Å². The topological polar surface area (TPSA) is 104 Å². The Bertz CT molecular complexity index is 254. The quantitative estimate of drug-likeness (QED) is 0.364. The molecule has 0 radical (unpaired) electrons. The molecule has 0 spiro atoms. The van der Waals surface area contributed by atoms with Gasteiger partial charge in [0.1, 0.15) is 12.7 Å². The molecular formula is C13H24O6. The molecule has 0 aromatic rings.